The third kappa shape index (κ3) is 5.07. The van der Waals surface area contributed by atoms with Gasteiger partial charge in [-0.25, -0.2) is 8.42 Å². The van der Waals surface area contributed by atoms with Crippen molar-refractivity contribution in [3.63, 3.8) is 0 Å². The molecule has 0 aliphatic carbocycles. The Kier molecular flexibility index (Phi) is 6.06. The van der Waals surface area contributed by atoms with Crippen molar-refractivity contribution in [3.05, 3.63) is 96.1 Å². The molecule has 29 heavy (non-hydrogen) atoms. The first kappa shape index (κ1) is 20.2. The molecule has 0 saturated carbocycles. The molecule has 3 aromatic rings. The van der Waals surface area contributed by atoms with E-state index in [1.165, 1.54) is 36.4 Å². The first-order valence-electron chi connectivity index (χ1n) is 8.63. The van der Waals surface area contributed by atoms with E-state index in [1.807, 2.05) is 0 Å². The molecule has 0 saturated heterocycles. The molecule has 3 aromatic carbocycles. The van der Waals surface area contributed by atoms with Gasteiger partial charge >= 0.3 is 5.97 Å². The van der Waals surface area contributed by atoms with Crippen molar-refractivity contribution in [1.29, 1.82) is 0 Å². The molecule has 0 aliphatic heterocycles. The van der Waals surface area contributed by atoms with Crippen LogP contribution >= 0.6 is 0 Å². The highest BCUT2D eigenvalue weighted by Gasteiger charge is 2.26. The fraction of sp³-hybridized carbons (Fsp3) is 0.0476. The number of rotatable bonds is 7. The summed E-state index contributed by atoms with van der Waals surface area (Å²) in [6.07, 6.45) is 0. The van der Waals surface area contributed by atoms with Crippen molar-refractivity contribution < 1.29 is 23.1 Å². The second-order valence-electron chi connectivity index (χ2n) is 6.15. The summed E-state index contributed by atoms with van der Waals surface area (Å²) < 4.78 is 27.4. The number of carboxylic acids is 1. The Balaban J connectivity index is 1.75. The Morgan fingerprint density at radius 1 is 0.793 bits per heavy atom. The van der Waals surface area contributed by atoms with Crippen molar-refractivity contribution in [2.75, 3.05) is 5.32 Å². The Morgan fingerprint density at radius 3 is 1.90 bits per heavy atom. The normalized spacial score (nSPS) is 12.1. The van der Waals surface area contributed by atoms with Crippen LogP contribution < -0.4 is 10.0 Å². The summed E-state index contributed by atoms with van der Waals surface area (Å²) in [5, 5.41) is 12.1. The Labute approximate surface area is 168 Å². The smallest absolute Gasteiger partial charge is 0.326 e. The third-order valence-corrected chi connectivity index (χ3v) is 5.55. The highest BCUT2D eigenvalue weighted by Crippen LogP contribution is 2.19. The lowest BCUT2D eigenvalue weighted by molar-refractivity contribution is -0.139. The van der Waals surface area contributed by atoms with Crippen LogP contribution in [0.5, 0.6) is 0 Å². The molecule has 148 valence electrons. The Hall–Kier alpha value is -3.49. The molecule has 3 rings (SSSR count). The van der Waals surface area contributed by atoms with Gasteiger partial charge in [-0.15, -0.1) is 0 Å². The summed E-state index contributed by atoms with van der Waals surface area (Å²) in [6.45, 7) is 0. The summed E-state index contributed by atoms with van der Waals surface area (Å²) >= 11 is 0. The minimum absolute atomic E-state index is 0.114. The van der Waals surface area contributed by atoms with Gasteiger partial charge in [-0.05, 0) is 42.0 Å². The van der Waals surface area contributed by atoms with Crippen molar-refractivity contribution >= 4 is 27.6 Å². The zero-order valence-electron chi connectivity index (χ0n) is 15.1. The predicted octanol–water partition coefficient (Wildman–Crippen LogP) is 3.04. The number of carbonyl (C=O) groups is 2. The van der Waals surface area contributed by atoms with Crippen LogP contribution in [-0.4, -0.2) is 25.4 Å². The van der Waals surface area contributed by atoms with Crippen molar-refractivity contribution in [3.8, 4) is 0 Å². The molecule has 0 spiro atoms. The lowest BCUT2D eigenvalue weighted by Gasteiger charge is -2.15. The molecule has 0 unspecified atom stereocenters. The zero-order valence-corrected chi connectivity index (χ0v) is 16.0. The van der Waals surface area contributed by atoms with E-state index in [0.29, 0.717) is 16.8 Å². The van der Waals surface area contributed by atoms with E-state index in [1.54, 1.807) is 48.5 Å². The van der Waals surface area contributed by atoms with Gasteiger partial charge in [0.15, 0.2) is 0 Å². The van der Waals surface area contributed by atoms with Crippen molar-refractivity contribution in [2.45, 2.75) is 10.9 Å². The van der Waals surface area contributed by atoms with Gasteiger partial charge in [0.05, 0.1) is 4.90 Å². The van der Waals surface area contributed by atoms with Crippen LogP contribution in [0.1, 0.15) is 22.0 Å². The number of hydrogen-bond acceptors (Lipinski definition) is 4. The van der Waals surface area contributed by atoms with Crippen LogP contribution in [0.4, 0.5) is 5.69 Å². The zero-order chi connectivity index (χ0) is 20.9. The van der Waals surface area contributed by atoms with E-state index in [4.69, 9.17) is 0 Å². The van der Waals surface area contributed by atoms with Crippen LogP contribution in [0.2, 0.25) is 0 Å². The third-order valence-electron chi connectivity index (χ3n) is 4.11. The lowest BCUT2D eigenvalue weighted by Crippen LogP contribution is -2.33. The van der Waals surface area contributed by atoms with Gasteiger partial charge < -0.3 is 10.4 Å². The van der Waals surface area contributed by atoms with Crippen LogP contribution in [0, 0.1) is 0 Å². The predicted molar refractivity (Wildman–Crippen MR) is 108 cm³/mol. The Morgan fingerprint density at radius 2 is 1.34 bits per heavy atom. The minimum atomic E-state index is -4.09. The SMILES string of the molecule is O=C(Nc1ccc(S(=O)(=O)N[C@@H](C(=O)O)c2ccccc2)cc1)c1ccccc1. The van der Waals surface area contributed by atoms with E-state index in [9.17, 15) is 23.1 Å². The summed E-state index contributed by atoms with van der Waals surface area (Å²) in [5.41, 5.74) is 1.20. The molecule has 3 N–H and O–H groups in total. The molecule has 7 nitrogen and oxygen atoms in total. The van der Waals surface area contributed by atoms with E-state index in [0.717, 1.165) is 0 Å². The maximum absolute atomic E-state index is 12.6. The van der Waals surface area contributed by atoms with Gasteiger partial charge in [0, 0.05) is 11.3 Å². The molecule has 0 aromatic heterocycles. The number of anilines is 1. The largest absolute Gasteiger partial charge is 0.480 e. The number of carboxylic acid groups (broad SMARTS) is 1. The van der Waals surface area contributed by atoms with Crippen LogP contribution in [-0.2, 0) is 14.8 Å². The monoisotopic (exact) mass is 410 g/mol. The number of hydrogen-bond donors (Lipinski definition) is 3. The van der Waals surface area contributed by atoms with E-state index in [-0.39, 0.29) is 10.8 Å². The average Bonchev–Trinajstić information content (AvgIpc) is 2.73. The van der Waals surface area contributed by atoms with Crippen LogP contribution in [0.3, 0.4) is 0 Å². The standard InChI is InChI=1S/C21H18N2O5S/c24-20(16-9-5-2-6-10-16)22-17-11-13-18(14-12-17)29(27,28)23-19(21(25)26)15-7-3-1-4-8-15/h1-14,19,23H,(H,22,24)(H,25,26)/t19-/m1/s1. The number of nitrogens with one attached hydrogen (secondary N) is 2. The molecule has 0 radical (unpaired) electrons. The summed E-state index contributed by atoms with van der Waals surface area (Å²) in [4.78, 5) is 23.6. The molecule has 1 atom stereocenters. The number of sulfonamides is 1. The highest BCUT2D eigenvalue weighted by atomic mass is 32.2. The van der Waals surface area contributed by atoms with Crippen molar-refractivity contribution in [2.24, 2.45) is 0 Å². The maximum atomic E-state index is 12.6. The first-order valence-corrected chi connectivity index (χ1v) is 10.1. The fourth-order valence-electron chi connectivity index (χ4n) is 2.64. The quantitative estimate of drug-likeness (QED) is 0.554. The molecule has 0 fully saturated rings. The summed E-state index contributed by atoms with van der Waals surface area (Å²) in [7, 11) is -4.09. The lowest BCUT2D eigenvalue weighted by atomic mass is 10.1. The van der Waals surface area contributed by atoms with Crippen LogP contribution in [0.25, 0.3) is 0 Å². The number of amides is 1. The molecule has 0 heterocycles. The molecule has 0 aliphatic rings. The topological polar surface area (TPSA) is 113 Å². The van der Waals surface area contributed by atoms with E-state index < -0.39 is 22.0 Å². The van der Waals surface area contributed by atoms with E-state index >= 15 is 0 Å². The van der Waals surface area contributed by atoms with Gasteiger partial charge in [-0.1, -0.05) is 48.5 Å². The number of benzene rings is 3. The van der Waals surface area contributed by atoms with Gasteiger partial charge in [0.1, 0.15) is 6.04 Å². The van der Waals surface area contributed by atoms with E-state index in [2.05, 4.69) is 10.0 Å². The Bertz CT molecular complexity index is 1100. The molecule has 8 heteroatoms. The van der Waals surface area contributed by atoms with Gasteiger partial charge in [0.25, 0.3) is 5.91 Å². The van der Waals surface area contributed by atoms with Gasteiger partial charge in [-0.3, -0.25) is 9.59 Å². The molecular formula is C21H18N2O5S. The van der Waals surface area contributed by atoms with Gasteiger partial charge in [0.2, 0.25) is 10.0 Å². The minimum Gasteiger partial charge on any atom is -0.480 e. The highest BCUT2D eigenvalue weighted by molar-refractivity contribution is 7.89. The van der Waals surface area contributed by atoms with Crippen molar-refractivity contribution in [1.82, 2.24) is 4.72 Å². The maximum Gasteiger partial charge on any atom is 0.326 e. The molecule has 0 bridgehead atoms. The van der Waals surface area contributed by atoms with Gasteiger partial charge in [-0.2, -0.15) is 4.72 Å². The summed E-state index contributed by atoms with van der Waals surface area (Å²) in [5.74, 6) is -1.64. The summed E-state index contributed by atoms with van der Waals surface area (Å²) in [6, 6.07) is 20.7. The number of carbonyl (C=O) groups excluding carboxylic acids is 1. The second-order valence-corrected chi connectivity index (χ2v) is 7.86. The number of aliphatic carboxylic acids is 1. The molecular weight excluding hydrogens is 392 g/mol. The second kappa shape index (κ2) is 8.68. The fourth-order valence-corrected chi connectivity index (χ4v) is 3.82. The van der Waals surface area contributed by atoms with Crippen LogP contribution in [0.15, 0.2) is 89.8 Å². The first-order chi connectivity index (χ1) is 13.9. The average molecular weight is 410 g/mol. The molecule has 1 amide bonds.